The van der Waals surface area contributed by atoms with Gasteiger partial charge in [0, 0.05) is 18.9 Å². The fourth-order valence-electron chi connectivity index (χ4n) is 1.03. The first-order valence-electron chi connectivity index (χ1n) is 5.67. The minimum Gasteiger partial charge on any atom is -0.379 e. The van der Waals surface area contributed by atoms with Gasteiger partial charge in [0.25, 0.3) is 0 Å². The maximum absolute atomic E-state index is 5.44. The summed E-state index contributed by atoms with van der Waals surface area (Å²) in [6.45, 7) is 9.48. The first kappa shape index (κ1) is 14.3. The molecule has 0 saturated carbocycles. The highest BCUT2D eigenvalue weighted by atomic mass is 32.2. The molecule has 0 rings (SSSR count). The van der Waals surface area contributed by atoms with Crippen molar-refractivity contribution in [3.63, 3.8) is 0 Å². The molecular formula is C11H25NOS. The molecule has 86 valence electrons. The van der Waals surface area contributed by atoms with Crippen LogP contribution in [0.1, 0.15) is 33.6 Å². The maximum Gasteiger partial charge on any atom is 0.0518 e. The van der Waals surface area contributed by atoms with Crippen molar-refractivity contribution in [2.24, 2.45) is 0 Å². The normalized spacial score (nSPS) is 11.1. The fourth-order valence-corrected chi connectivity index (χ4v) is 1.81. The van der Waals surface area contributed by atoms with Gasteiger partial charge in [-0.05, 0) is 39.0 Å². The average molecular weight is 219 g/mol. The maximum atomic E-state index is 5.44. The molecular weight excluding hydrogens is 194 g/mol. The van der Waals surface area contributed by atoms with Gasteiger partial charge < -0.3 is 10.1 Å². The summed E-state index contributed by atoms with van der Waals surface area (Å²) in [7, 11) is 0. The Morgan fingerprint density at radius 1 is 1.21 bits per heavy atom. The number of hydrogen-bond acceptors (Lipinski definition) is 3. The summed E-state index contributed by atoms with van der Waals surface area (Å²) in [6, 6.07) is 0. The third kappa shape index (κ3) is 12.3. The lowest BCUT2D eigenvalue weighted by molar-refractivity contribution is 0.0772. The molecule has 2 nitrogen and oxygen atoms in total. The van der Waals surface area contributed by atoms with Crippen molar-refractivity contribution in [1.29, 1.82) is 0 Å². The monoisotopic (exact) mass is 219 g/mol. The Morgan fingerprint density at radius 2 is 2.00 bits per heavy atom. The topological polar surface area (TPSA) is 21.3 Å². The third-order valence-electron chi connectivity index (χ3n) is 1.72. The number of ether oxygens (including phenoxy) is 1. The molecule has 14 heavy (non-hydrogen) atoms. The summed E-state index contributed by atoms with van der Waals surface area (Å²) in [5, 5.41) is 3.42. The van der Waals surface area contributed by atoms with E-state index in [-0.39, 0.29) is 0 Å². The van der Waals surface area contributed by atoms with Crippen LogP contribution < -0.4 is 5.32 Å². The number of thioether (sulfide) groups is 1. The van der Waals surface area contributed by atoms with E-state index in [0.717, 1.165) is 26.1 Å². The van der Waals surface area contributed by atoms with Crippen molar-refractivity contribution >= 4 is 11.8 Å². The van der Waals surface area contributed by atoms with E-state index in [9.17, 15) is 0 Å². The summed E-state index contributed by atoms with van der Waals surface area (Å²) in [5.74, 6) is 2.52. The summed E-state index contributed by atoms with van der Waals surface area (Å²) >= 11 is 2.03. The Kier molecular flexibility index (Phi) is 11.6. The molecule has 0 fully saturated rings. The quantitative estimate of drug-likeness (QED) is 0.571. The number of rotatable bonds is 10. The van der Waals surface area contributed by atoms with Crippen LogP contribution in [-0.2, 0) is 4.74 Å². The Labute approximate surface area is 93.2 Å². The Balaban J connectivity index is 2.85. The molecule has 1 N–H and O–H groups in total. The van der Waals surface area contributed by atoms with Gasteiger partial charge in [-0.2, -0.15) is 11.8 Å². The van der Waals surface area contributed by atoms with Gasteiger partial charge in [0.15, 0.2) is 0 Å². The molecule has 0 aliphatic carbocycles. The van der Waals surface area contributed by atoms with E-state index in [4.69, 9.17) is 4.74 Å². The molecule has 0 radical (unpaired) electrons. The zero-order valence-electron chi connectivity index (χ0n) is 9.84. The van der Waals surface area contributed by atoms with Crippen LogP contribution in [0.2, 0.25) is 0 Å². The second kappa shape index (κ2) is 11.3. The van der Waals surface area contributed by atoms with Crippen LogP contribution in [0, 0.1) is 0 Å². The molecule has 0 bridgehead atoms. The van der Waals surface area contributed by atoms with Crippen molar-refractivity contribution in [1.82, 2.24) is 5.32 Å². The Hall–Kier alpha value is 0.270. The lowest BCUT2D eigenvalue weighted by Crippen LogP contribution is -2.20. The van der Waals surface area contributed by atoms with Crippen LogP contribution in [0.4, 0.5) is 0 Å². The van der Waals surface area contributed by atoms with Crippen LogP contribution in [0.15, 0.2) is 0 Å². The Bertz CT molecular complexity index is 109. The van der Waals surface area contributed by atoms with Crippen LogP contribution in [-0.4, -0.2) is 37.3 Å². The molecule has 0 aromatic rings. The lowest BCUT2D eigenvalue weighted by Gasteiger charge is -2.07. The SMILES string of the molecule is CCCSCCNCCCOC(C)C. The predicted molar refractivity (Wildman–Crippen MR) is 66.2 cm³/mol. The fraction of sp³-hybridized carbons (Fsp3) is 1.00. The van der Waals surface area contributed by atoms with Crippen molar-refractivity contribution in [2.75, 3.05) is 31.2 Å². The molecule has 0 aromatic heterocycles. The van der Waals surface area contributed by atoms with Crippen LogP contribution in [0.3, 0.4) is 0 Å². The summed E-state index contributed by atoms with van der Waals surface area (Å²) in [6.07, 6.45) is 2.78. The van der Waals surface area contributed by atoms with Gasteiger partial charge in [-0.15, -0.1) is 0 Å². The van der Waals surface area contributed by atoms with E-state index in [1.807, 2.05) is 11.8 Å². The molecule has 0 spiro atoms. The minimum absolute atomic E-state index is 0.370. The van der Waals surface area contributed by atoms with E-state index < -0.39 is 0 Å². The third-order valence-corrected chi connectivity index (χ3v) is 2.91. The molecule has 0 atom stereocenters. The van der Waals surface area contributed by atoms with Crippen molar-refractivity contribution in [3.05, 3.63) is 0 Å². The second-order valence-electron chi connectivity index (χ2n) is 3.64. The summed E-state index contributed by atoms with van der Waals surface area (Å²) in [4.78, 5) is 0. The van der Waals surface area contributed by atoms with Crippen LogP contribution in [0.5, 0.6) is 0 Å². The smallest absolute Gasteiger partial charge is 0.0518 e. The molecule has 0 aliphatic rings. The van der Waals surface area contributed by atoms with E-state index in [2.05, 4.69) is 26.1 Å². The van der Waals surface area contributed by atoms with Crippen LogP contribution in [0.25, 0.3) is 0 Å². The molecule has 0 unspecified atom stereocenters. The van der Waals surface area contributed by atoms with E-state index in [1.54, 1.807) is 0 Å². The highest BCUT2D eigenvalue weighted by molar-refractivity contribution is 7.99. The van der Waals surface area contributed by atoms with Crippen molar-refractivity contribution < 1.29 is 4.74 Å². The zero-order valence-corrected chi connectivity index (χ0v) is 10.7. The molecule has 0 aromatic carbocycles. The van der Waals surface area contributed by atoms with Gasteiger partial charge in [0.05, 0.1) is 6.10 Å². The van der Waals surface area contributed by atoms with Crippen LogP contribution >= 0.6 is 11.8 Å². The number of hydrogen-bond donors (Lipinski definition) is 1. The van der Waals surface area contributed by atoms with Crippen molar-refractivity contribution in [2.45, 2.75) is 39.7 Å². The zero-order chi connectivity index (χ0) is 10.6. The second-order valence-corrected chi connectivity index (χ2v) is 4.86. The van der Waals surface area contributed by atoms with Crippen molar-refractivity contribution in [3.8, 4) is 0 Å². The first-order chi connectivity index (χ1) is 6.77. The minimum atomic E-state index is 0.370. The largest absolute Gasteiger partial charge is 0.379 e. The highest BCUT2D eigenvalue weighted by Gasteiger charge is 1.92. The lowest BCUT2D eigenvalue weighted by atomic mass is 10.4. The highest BCUT2D eigenvalue weighted by Crippen LogP contribution is 1.99. The van der Waals surface area contributed by atoms with Gasteiger partial charge in [0.1, 0.15) is 0 Å². The van der Waals surface area contributed by atoms with Gasteiger partial charge in [0.2, 0.25) is 0 Å². The number of nitrogens with one attached hydrogen (secondary N) is 1. The standard InChI is InChI=1S/C11H25NOS/c1-4-9-14-10-7-12-6-5-8-13-11(2)3/h11-12H,4-10H2,1-3H3. The molecule has 0 heterocycles. The van der Waals surface area contributed by atoms with E-state index in [1.165, 1.54) is 17.9 Å². The van der Waals surface area contributed by atoms with Gasteiger partial charge in [-0.25, -0.2) is 0 Å². The predicted octanol–water partition coefficient (Wildman–Crippen LogP) is 2.53. The van der Waals surface area contributed by atoms with Gasteiger partial charge in [-0.3, -0.25) is 0 Å². The summed E-state index contributed by atoms with van der Waals surface area (Å²) in [5.41, 5.74) is 0. The first-order valence-corrected chi connectivity index (χ1v) is 6.83. The van der Waals surface area contributed by atoms with Gasteiger partial charge >= 0.3 is 0 Å². The summed E-state index contributed by atoms with van der Waals surface area (Å²) < 4.78 is 5.44. The molecule has 0 amide bonds. The molecule has 0 saturated heterocycles. The Morgan fingerprint density at radius 3 is 2.64 bits per heavy atom. The van der Waals surface area contributed by atoms with E-state index >= 15 is 0 Å². The average Bonchev–Trinajstić information content (AvgIpc) is 2.15. The molecule has 3 heteroatoms. The van der Waals surface area contributed by atoms with E-state index in [0.29, 0.717) is 6.10 Å². The molecule has 0 aliphatic heterocycles. The van der Waals surface area contributed by atoms with Gasteiger partial charge in [-0.1, -0.05) is 6.92 Å².